The minimum atomic E-state index is -0.431. The Hall–Kier alpha value is -2.47. The van der Waals surface area contributed by atoms with Crippen LogP contribution in [0.2, 0.25) is 0 Å². The maximum atomic E-state index is 13.3. The first-order chi connectivity index (χ1) is 11.0. The van der Waals surface area contributed by atoms with Gasteiger partial charge in [0.15, 0.2) is 5.76 Å². The first-order valence-corrected chi connectivity index (χ1v) is 7.96. The Morgan fingerprint density at radius 1 is 1.30 bits per heavy atom. The molecule has 0 bridgehead atoms. The van der Waals surface area contributed by atoms with E-state index in [0.29, 0.717) is 17.1 Å². The Balaban J connectivity index is 1.68. The summed E-state index contributed by atoms with van der Waals surface area (Å²) < 4.78 is 18.9. The number of furan rings is 1. The van der Waals surface area contributed by atoms with Crippen molar-refractivity contribution in [3.8, 4) is 11.5 Å². The van der Waals surface area contributed by atoms with Gasteiger partial charge in [0.05, 0.1) is 11.6 Å². The van der Waals surface area contributed by atoms with Crippen molar-refractivity contribution in [2.75, 3.05) is 0 Å². The Labute approximate surface area is 137 Å². The summed E-state index contributed by atoms with van der Waals surface area (Å²) >= 11 is 1.55. The number of aryl methyl sites for hydroxylation is 2. The van der Waals surface area contributed by atoms with E-state index in [9.17, 15) is 9.18 Å². The van der Waals surface area contributed by atoms with Crippen molar-refractivity contribution in [3.05, 3.63) is 63.4 Å². The number of rotatable bonds is 4. The second-order valence-electron chi connectivity index (χ2n) is 5.16. The van der Waals surface area contributed by atoms with Crippen LogP contribution in [0.5, 0.6) is 0 Å². The van der Waals surface area contributed by atoms with Crippen LogP contribution < -0.4 is 5.32 Å². The summed E-state index contributed by atoms with van der Waals surface area (Å²) in [4.78, 5) is 16.5. The molecule has 0 atom stereocenters. The molecule has 0 aliphatic rings. The van der Waals surface area contributed by atoms with E-state index in [1.54, 1.807) is 30.4 Å². The molecule has 1 N–H and O–H groups in total. The zero-order valence-electron chi connectivity index (χ0n) is 12.7. The summed E-state index contributed by atoms with van der Waals surface area (Å²) in [5.74, 6) is 0.526. The lowest BCUT2D eigenvalue weighted by Gasteiger charge is -2.06. The molecular weight excluding hydrogens is 315 g/mol. The fraction of sp³-hybridized carbons (Fsp3) is 0.176. The van der Waals surface area contributed by atoms with E-state index in [1.807, 2.05) is 18.4 Å². The van der Waals surface area contributed by atoms with Gasteiger partial charge in [-0.2, -0.15) is 0 Å². The van der Waals surface area contributed by atoms with Crippen LogP contribution >= 0.6 is 11.3 Å². The van der Waals surface area contributed by atoms with Crippen molar-refractivity contribution in [2.45, 2.75) is 20.4 Å². The Morgan fingerprint density at radius 2 is 2.13 bits per heavy atom. The van der Waals surface area contributed by atoms with Crippen LogP contribution in [0, 0.1) is 19.7 Å². The van der Waals surface area contributed by atoms with Crippen LogP contribution in [0.1, 0.15) is 26.7 Å². The molecule has 6 heteroatoms. The highest BCUT2D eigenvalue weighted by Crippen LogP contribution is 2.23. The maximum absolute atomic E-state index is 13.3. The normalized spacial score (nSPS) is 10.7. The molecular formula is C17H15FN2O2S. The van der Waals surface area contributed by atoms with Crippen molar-refractivity contribution in [2.24, 2.45) is 0 Å². The molecule has 1 amide bonds. The topological polar surface area (TPSA) is 55.1 Å². The molecule has 3 rings (SSSR count). The number of hydrogen-bond donors (Lipinski definition) is 1. The molecule has 0 saturated carbocycles. The molecule has 118 valence electrons. The van der Waals surface area contributed by atoms with E-state index in [-0.39, 0.29) is 12.5 Å². The number of amides is 1. The molecule has 0 aliphatic carbocycles. The standard InChI is InChI=1S/C17H15FN2O2S/c1-10-3-4-12(18)7-14(10)17(21)19-8-13-5-6-16(22-13)15-9-23-11(2)20-15/h3-7,9H,8H2,1-2H3,(H,19,21). The third kappa shape index (κ3) is 3.48. The van der Waals surface area contributed by atoms with Gasteiger partial charge in [-0.05, 0) is 43.7 Å². The molecule has 2 heterocycles. The Kier molecular flexibility index (Phi) is 4.25. The number of carbonyl (C=O) groups excluding carboxylic acids is 1. The maximum Gasteiger partial charge on any atom is 0.252 e. The Bertz CT molecular complexity index is 854. The fourth-order valence-electron chi connectivity index (χ4n) is 2.19. The van der Waals surface area contributed by atoms with Crippen LogP contribution in [0.15, 0.2) is 40.1 Å². The summed E-state index contributed by atoms with van der Waals surface area (Å²) in [7, 11) is 0. The van der Waals surface area contributed by atoms with E-state index in [1.165, 1.54) is 12.1 Å². The molecule has 23 heavy (non-hydrogen) atoms. The quantitative estimate of drug-likeness (QED) is 0.784. The summed E-state index contributed by atoms with van der Waals surface area (Å²) in [6, 6.07) is 7.77. The van der Waals surface area contributed by atoms with Gasteiger partial charge in [0.25, 0.3) is 5.91 Å². The molecule has 0 unspecified atom stereocenters. The summed E-state index contributed by atoms with van der Waals surface area (Å²) in [6.07, 6.45) is 0. The monoisotopic (exact) mass is 330 g/mol. The number of nitrogens with zero attached hydrogens (tertiary/aromatic N) is 1. The minimum Gasteiger partial charge on any atom is -0.458 e. The van der Waals surface area contributed by atoms with E-state index < -0.39 is 5.82 Å². The van der Waals surface area contributed by atoms with Crippen molar-refractivity contribution >= 4 is 17.2 Å². The van der Waals surface area contributed by atoms with Crippen LogP contribution in [-0.2, 0) is 6.54 Å². The van der Waals surface area contributed by atoms with Gasteiger partial charge in [0.2, 0.25) is 0 Å². The van der Waals surface area contributed by atoms with Gasteiger partial charge in [0.1, 0.15) is 17.3 Å². The van der Waals surface area contributed by atoms with Gasteiger partial charge in [-0.3, -0.25) is 4.79 Å². The lowest BCUT2D eigenvalue weighted by molar-refractivity contribution is 0.0947. The summed E-state index contributed by atoms with van der Waals surface area (Å²) in [5.41, 5.74) is 1.83. The molecule has 2 aromatic heterocycles. The van der Waals surface area contributed by atoms with Crippen molar-refractivity contribution in [3.63, 3.8) is 0 Å². The third-order valence-corrected chi connectivity index (χ3v) is 4.17. The average Bonchev–Trinajstić information content (AvgIpc) is 3.16. The average molecular weight is 330 g/mol. The minimum absolute atomic E-state index is 0.234. The van der Waals surface area contributed by atoms with E-state index >= 15 is 0 Å². The molecule has 0 spiro atoms. The van der Waals surface area contributed by atoms with E-state index in [2.05, 4.69) is 10.3 Å². The van der Waals surface area contributed by atoms with Crippen molar-refractivity contribution in [1.29, 1.82) is 0 Å². The number of hydrogen-bond acceptors (Lipinski definition) is 4. The number of benzene rings is 1. The first-order valence-electron chi connectivity index (χ1n) is 7.08. The number of nitrogens with one attached hydrogen (secondary N) is 1. The molecule has 4 nitrogen and oxygen atoms in total. The summed E-state index contributed by atoms with van der Waals surface area (Å²) in [6.45, 7) is 3.93. The third-order valence-electron chi connectivity index (χ3n) is 3.40. The zero-order chi connectivity index (χ0) is 16.4. The SMILES string of the molecule is Cc1nc(-c2ccc(CNC(=O)c3cc(F)ccc3C)o2)cs1. The van der Waals surface area contributed by atoms with Crippen LogP contribution in [0.4, 0.5) is 4.39 Å². The molecule has 0 radical (unpaired) electrons. The predicted molar refractivity (Wildman–Crippen MR) is 86.9 cm³/mol. The fourth-order valence-corrected chi connectivity index (χ4v) is 2.79. The zero-order valence-corrected chi connectivity index (χ0v) is 13.5. The predicted octanol–water partition coefficient (Wildman–Crippen LogP) is 4.09. The van der Waals surface area contributed by atoms with Gasteiger partial charge in [-0.25, -0.2) is 9.37 Å². The lowest BCUT2D eigenvalue weighted by Crippen LogP contribution is -2.23. The largest absolute Gasteiger partial charge is 0.458 e. The van der Waals surface area contributed by atoms with E-state index in [4.69, 9.17) is 4.42 Å². The van der Waals surface area contributed by atoms with Gasteiger partial charge in [-0.1, -0.05) is 6.07 Å². The first kappa shape index (κ1) is 15.4. The van der Waals surface area contributed by atoms with Gasteiger partial charge in [0, 0.05) is 10.9 Å². The van der Waals surface area contributed by atoms with Crippen molar-refractivity contribution in [1.82, 2.24) is 10.3 Å². The second kappa shape index (κ2) is 6.34. The Morgan fingerprint density at radius 3 is 2.87 bits per heavy atom. The molecule has 0 aliphatic heterocycles. The number of aromatic nitrogens is 1. The number of halogens is 1. The molecule has 3 aromatic rings. The molecule has 0 saturated heterocycles. The van der Waals surface area contributed by atoms with Gasteiger partial charge < -0.3 is 9.73 Å². The second-order valence-corrected chi connectivity index (χ2v) is 6.22. The molecule has 1 aromatic carbocycles. The highest BCUT2D eigenvalue weighted by molar-refractivity contribution is 7.09. The lowest BCUT2D eigenvalue weighted by atomic mass is 10.1. The highest BCUT2D eigenvalue weighted by atomic mass is 32.1. The van der Waals surface area contributed by atoms with Crippen LogP contribution in [0.3, 0.4) is 0 Å². The van der Waals surface area contributed by atoms with Crippen LogP contribution in [-0.4, -0.2) is 10.9 Å². The smallest absolute Gasteiger partial charge is 0.252 e. The van der Waals surface area contributed by atoms with E-state index in [0.717, 1.165) is 16.3 Å². The van der Waals surface area contributed by atoms with Gasteiger partial charge in [-0.15, -0.1) is 11.3 Å². The van der Waals surface area contributed by atoms with Gasteiger partial charge >= 0.3 is 0 Å². The van der Waals surface area contributed by atoms with Crippen LogP contribution in [0.25, 0.3) is 11.5 Å². The number of thiazole rings is 1. The number of carbonyl (C=O) groups is 1. The van der Waals surface area contributed by atoms with Crippen molar-refractivity contribution < 1.29 is 13.6 Å². The highest BCUT2D eigenvalue weighted by Gasteiger charge is 2.12. The summed E-state index contributed by atoms with van der Waals surface area (Å²) in [5, 5.41) is 5.62. The molecule has 0 fully saturated rings.